The predicted molar refractivity (Wildman–Crippen MR) is 74.7 cm³/mol. The second kappa shape index (κ2) is 6.48. The number of carbonyl (C=O) groups is 1. The first kappa shape index (κ1) is 14.5. The van der Waals surface area contributed by atoms with Gasteiger partial charge in [-0.2, -0.15) is 0 Å². The molecule has 4 nitrogen and oxygen atoms in total. The van der Waals surface area contributed by atoms with Gasteiger partial charge in [0.1, 0.15) is 0 Å². The topological polar surface area (TPSA) is 59.4 Å². The fourth-order valence-corrected chi connectivity index (χ4v) is 2.79. The number of hydrogen-bond donors (Lipinski definition) is 1. The molecule has 0 bridgehead atoms. The van der Waals surface area contributed by atoms with E-state index in [1.54, 1.807) is 13.1 Å². The van der Waals surface area contributed by atoms with E-state index in [2.05, 4.69) is 20.9 Å². The monoisotopic (exact) mass is 327 g/mol. The summed E-state index contributed by atoms with van der Waals surface area (Å²) >= 11 is 3.36. The van der Waals surface area contributed by atoms with Gasteiger partial charge in [-0.15, -0.1) is 0 Å². The Kier molecular flexibility index (Phi) is 4.93. The molecule has 0 saturated heterocycles. The average molecular weight is 328 g/mol. The van der Waals surface area contributed by atoms with Gasteiger partial charge in [0.2, 0.25) is 0 Å². The van der Waals surface area contributed by atoms with Crippen molar-refractivity contribution in [3.63, 3.8) is 0 Å². The SMILES string of the molecule is CCOC(=O)C1CC(c2ccc(Br)cn2)CCC1O. The molecule has 3 unspecified atom stereocenters. The highest BCUT2D eigenvalue weighted by Crippen LogP contribution is 2.36. The van der Waals surface area contributed by atoms with Crippen LogP contribution in [-0.2, 0) is 9.53 Å². The fraction of sp³-hybridized carbons (Fsp3) is 0.571. The molecule has 19 heavy (non-hydrogen) atoms. The van der Waals surface area contributed by atoms with Gasteiger partial charge in [0.15, 0.2) is 0 Å². The van der Waals surface area contributed by atoms with Crippen LogP contribution >= 0.6 is 15.9 Å². The van der Waals surface area contributed by atoms with E-state index in [1.165, 1.54) is 0 Å². The molecule has 5 heteroatoms. The Morgan fingerprint density at radius 3 is 2.95 bits per heavy atom. The Morgan fingerprint density at radius 2 is 2.32 bits per heavy atom. The zero-order valence-electron chi connectivity index (χ0n) is 10.9. The maximum atomic E-state index is 11.8. The molecule has 0 aliphatic heterocycles. The molecule has 3 atom stereocenters. The molecule has 1 aliphatic rings. The van der Waals surface area contributed by atoms with Crippen LogP contribution < -0.4 is 0 Å². The van der Waals surface area contributed by atoms with Gasteiger partial charge in [-0.1, -0.05) is 0 Å². The lowest BCUT2D eigenvalue weighted by atomic mass is 9.78. The summed E-state index contributed by atoms with van der Waals surface area (Å²) in [6, 6.07) is 3.92. The molecule has 0 aromatic carbocycles. The zero-order valence-corrected chi connectivity index (χ0v) is 12.5. The number of ether oxygens (including phenoxy) is 1. The summed E-state index contributed by atoms with van der Waals surface area (Å²) in [4.78, 5) is 16.2. The lowest BCUT2D eigenvalue weighted by Crippen LogP contribution is -2.35. The van der Waals surface area contributed by atoms with E-state index >= 15 is 0 Å². The van der Waals surface area contributed by atoms with Crippen molar-refractivity contribution in [3.05, 3.63) is 28.5 Å². The van der Waals surface area contributed by atoms with Crippen molar-refractivity contribution in [2.75, 3.05) is 6.61 Å². The van der Waals surface area contributed by atoms with Gasteiger partial charge in [-0.05, 0) is 54.2 Å². The summed E-state index contributed by atoms with van der Waals surface area (Å²) in [5.74, 6) is -0.508. The Bertz CT molecular complexity index is 435. The van der Waals surface area contributed by atoms with Gasteiger partial charge >= 0.3 is 5.97 Å². The van der Waals surface area contributed by atoms with Crippen LogP contribution in [0.25, 0.3) is 0 Å². The summed E-state index contributed by atoms with van der Waals surface area (Å²) < 4.78 is 5.97. The van der Waals surface area contributed by atoms with Crippen LogP contribution in [-0.4, -0.2) is 28.8 Å². The molecular weight excluding hydrogens is 310 g/mol. The molecule has 0 spiro atoms. The molecule has 0 amide bonds. The third kappa shape index (κ3) is 3.54. The molecule has 1 aromatic rings. The van der Waals surface area contributed by atoms with Gasteiger partial charge in [0, 0.05) is 22.3 Å². The van der Waals surface area contributed by atoms with E-state index < -0.39 is 12.0 Å². The van der Waals surface area contributed by atoms with Crippen LogP contribution in [0, 0.1) is 5.92 Å². The first-order valence-electron chi connectivity index (χ1n) is 6.58. The zero-order chi connectivity index (χ0) is 13.8. The molecule has 1 saturated carbocycles. The molecule has 0 radical (unpaired) electrons. The standard InChI is InChI=1S/C14H18BrNO3/c1-2-19-14(18)11-7-9(3-6-13(11)17)12-5-4-10(15)8-16-12/h4-5,8-9,11,13,17H,2-3,6-7H2,1H3. The highest BCUT2D eigenvalue weighted by atomic mass is 79.9. The first-order chi connectivity index (χ1) is 9.11. The number of aliphatic hydroxyl groups is 1. The second-order valence-corrected chi connectivity index (χ2v) is 5.75. The summed E-state index contributed by atoms with van der Waals surface area (Å²) in [6.45, 7) is 2.13. The van der Waals surface area contributed by atoms with Gasteiger partial charge in [-0.3, -0.25) is 9.78 Å². The van der Waals surface area contributed by atoms with E-state index in [9.17, 15) is 9.90 Å². The van der Waals surface area contributed by atoms with E-state index in [0.29, 0.717) is 19.4 Å². The van der Waals surface area contributed by atoms with Gasteiger partial charge in [0.25, 0.3) is 0 Å². The number of aliphatic hydroxyl groups excluding tert-OH is 1. The van der Waals surface area contributed by atoms with Crippen molar-refractivity contribution < 1.29 is 14.6 Å². The van der Waals surface area contributed by atoms with E-state index in [4.69, 9.17) is 4.74 Å². The van der Waals surface area contributed by atoms with E-state index in [0.717, 1.165) is 16.6 Å². The maximum Gasteiger partial charge on any atom is 0.311 e. The minimum Gasteiger partial charge on any atom is -0.466 e. The van der Waals surface area contributed by atoms with Gasteiger partial charge in [0.05, 0.1) is 18.6 Å². The minimum absolute atomic E-state index is 0.214. The number of esters is 1. The Labute approximate surface area is 121 Å². The number of halogens is 1. The largest absolute Gasteiger partial charge is 0.466 e. The summed E-state index contributed by atoms with van der Waals surface area (Å²) in [6.07, 6.45) is 3.25. The maximum absolute atomic E-state index is 11.8. The summed E-state index contributed by atoms with van der Waals surface area (Å²) in [7, 11) is 0. The van der Waals surface area contributed by atoms with Crippen molar-refractivity contribution in [1.29, 1.82) is 0 Å². The molecular formula is C14H18BrNO3. The lowest BCUT2D eigenvalue weighted by molar-refractivity contribution is -0.154. The quantitative estimate of drug-likeness (QED) is 0.867. The minimum atomic E-state index is -0.592. The smallest absolute Gasteiger partial charge is 0.311 e. The summed E-state index contributed by atoms with van der Waals surface area (Å²) in [5.41, 5.74) is 0.976. The number of aromatic nitrogens is 1. The number of carbonyl (C=O) groups excluding carboxylic acids is 1. The second-order valence-electron chi connectivity index (χ2n) is 4.84. The molecule has 1 aromatic heterocycles. The third-order valence-corrected chi connectivity index (χ3v) is 4.04. The van der Waals surface area contributed by atoms with Crippen LogP contribution in [0.2, 0.25) is 0 Å². The number of pyridine rings is 1. The molecule has 1 heterocycles. The van der Waals surface area contributed by atoms with E-state index in [1.807, 2.05) is 12.1 Å². The average Bonchev–Trinajstić information content (AvgIpc) is 2.40. The third-order valence-electron chi connectivity index (χ3n) is 3.57. The Balaban J connectivity index is 2.08. The Morgan fingerprint density at radius 1 is 1.53 bits per heavy atom. The van der Waals surface area contributed by atoms with Crippen LogP contribution in [0.3, 0.4) is 0 Å². The lowest BCUT2D eigenvalue weighted by Gasteiger charge is -2.31. The van der Waals surface area contributed by atoms with Crippen molar-refractivity contribution >= 4 is 21.9 Å². The molecule has 1 fully saturated rings. The van der Waals surface area contributed by atoms with Crippen molar-refractivity contribution in [1.82, 2.24) is 4.98 Å². The van der Waals surface area contributed by atoms with Crippen LogP contribution in [0.5, 0.6) is 0 Å². The van der Waals surface area contributed by atoms with E-state index in [-0.39, 0.29) is 11.9 Å². The Hall–Kier alpha value is -0.940. The first-order valence-corrected chi connectivity index (χ1v) is 7.37. The van der Waals surface area contributed by atoms with Crippen LogP contribution in [0.4, 0.5) is 0 Å². The fourth-order valence-electron chi connectivity index (χ4n) is 2.55. The molecule has 1 aliphatic carbocycles. The highest BCUT2D eigenvalue weighted by molar-refractivity contribution is 9.10. The van der Waals surface area contributed by atoms with Gasteiger partial charge in [-0.25, -0.2) is 0 Å². The molecule has 2 rings (SSSR count). The number of nitrogens with zero attached hydrogens (tertiary/aromatic N) is 1. The van der Waals surface area contributed by atoms with Crippen molar-refractivity contribution in [3.8, 4) is 0 Å². The summed E-state index contributed by atoms with van der Waals surface area (Å²) in [5, 5.41) is 9.95. The highest BCUT2D eigenvalue weighted by Gasteiger charge is 2.36. The van der Waals surface area contributed by atoms with Gasteiger partial charge < -0.3 is 9.84 Å². The predicted octanol–water partition coefficient (Wildman–Crippen LogP) is 2.65. The molecule has 1 N–H and O–H groups in total. The normalized spacial score (nSPS) is 27.0. The van der Waals surface area contributed by atoms with Crippen LogP contribution in [0.1, 0.15) is 37.8 Å². The van der Waals surface area contributed by atoms with Crippen molar-refractivity contribution in [2.24, 2.45) is 5.92 Å². The number of hydrogen-bond acceptors (Lipinski definition) is 4. The van der Waals surface area contributed by atoms with Crippen molar-refractivity contribution in [2.45, 2.75) is 38.2 Å². The molecule has 104 valence electrons. The van der Waals surface area contributed by atoms with Crippen LogP contribution in [0.15, 0.2) is 22.8 Å². The number of rotatable bonds is 3.